The second kappa shape index (κ2) is 6.39. The Balaban J connectivity index is 4.25. The first kappa shape index (κ1) is 12.9. The molecule has 2 N–H and O–H groups in total. The van der Waals surface area contributed by atoms with Gasteiger partial charge in [0.15, 0.2) is 0 Å². The lowest BCUT2D eigenvalue weighted by Crippen LogP contribution is -2.41. The van der Waals surface area contributed by atoms with Crippen molar-refractivity contribution >= 4 is 5.91 Å². The summed E-state index contributed by atoms with van der Waals surface area (Å²) in [4.78, 5) is 11.5. The molecule has 0 spiro atoms. The van der Waals surface area contributed by atoms with E-state index in [1.807, 2.05) is 26.8 Å². The van der Waals surface area contributed by atoms with Crippen LogP contribution in [0.1, 0.15) is 27.2 Å². The topological polar surface area (TPSA) is 73.1 Å². The summed E-state index contributed by atoms with van der Waals surface area (Å²) in [5.74, 6) is -0.921. The summed E-state index contributed by atoms with van der Waals surface area (Å²) in [7, 11) is 0. The van der Waals surface area contributed by atoms with Crippen LogP contribution in [0.5, 0.6) is 0 Å². The minimum absolute atomic E-state index is 0.00352. The third-order valence-electron chi connectivity index (χ3n) is 2.15. The Hall–Kier alpha value is -1.08. The molecule has 0 aromatic heterocycles. The summed E-state index contributed by atoms with van der Waals surface area (Å²) in [6.45, 7) is 5.44. The Morgan fingerprint density at radius 3 is 2.43 bits per heavy atom. The van der Waals surface area contributed by atoms with E-state index in [2.05, 4.69) is 5.32 Å². The number of nitrogens with one attached hydrogen (secondary N) is 1. The van der Waals surface area contributed by atoms with Crippen molar-refractivity contribution in [1.29, 1.82) is 5.26 Å². The third-order valence-corrected chi connectivity index (χ3v) is 2.15. The zero-order chi connectivity index (χ0) is 11.1. The van der Waals surface area contributed by atoms with Crippen LogP contribution in [-0.2, 0) is 4.79 Å². The Labute approximate surface area is 84.9 Å². The molecule has 1 amide bonds. The van der Waals surface area contributed by atoms with Crippen LogP contribution in [0.2, 0.25) is 0 Å². The predicted octanol–water partition coefficient (Wildman–Crippen LogP) is 0.669. The van der Waals surface area contributed by atoms with E-state index in [1.54, 1.807) is 0 Å². The largest absolute Gasteiger partial charge is 0.394 e. The highest BCUT2D eigenvalue weighted by molar-refractivity contribution is 5.81. The average Bonchev–Trinajstić information content (AvgIpc) is 2.14. The number of aliphatic hydroxyl groups is 1. The van der Waals surface area contributed by atoms with Crippen molar-refractivity contribution in [3.8, 4) is 6.07 Å². The Morgan fingerprint density at radius 2 is 2.14 bits per heavy atom. The zero-order valence-corrected chi connectivity index (χ0v) is 8.95. The first-order valence-electron chi connectivity index (χ1n) is 4.87. The van der Waals surface area contributed by atoms with Crippen LogP contribution in [0.4, 0.5) is 0 Å². The number of nitrogens with zero attached hydrogens (tertiary/aromatic N) is 1. The lowest BCUT2D eigenvalue weighted by molar-refractivity contribution is -0.125. The molecule has 2 atom stereocenters. The van der Waals surface area contributed by atoms with Crippen LogP contribution < -0.4 is 5.32 Å². The molecule has 0 rings (SSSR count). The minimum atomic E-state index is -0.629. The standard InChI is InChI=1S/C10H18N2O2/c1-4-8(6-13)12-10(14)9(5-11)7(2)3/h7-9,13H,4,6H2,1-3H3,(H,12,14)/t8-,9?/m1/s1. The molecule has 0 heterocycles. The highest BCUT2D eigenvalue weighted by atomic mass is 16.3. The van der Waals surface area contributed by atoms with Crippen molar-refractivity contribution in [1.82, 2.24) is 5.32 Å². The van der Waals surface area contributed by atoms with Gasteiger partial charge < -0.3 is 10.4 Å². The van der Waals surface area contributed by atoms with Gasteiger partial charge in [0.05, 0.1) is 18.7 Å². The molecule has 0 aliphatic carbocycles. The van der Waals surface area contributed by atoms with Gasteiger partial charge in [-0.25, -0.2) is 0 Å². The van der Waals surface area contributed by atoms with Crippen molar-refractivity contribution in [2.24, 2.45) is 11.8 Å². The van der Waals surface area contributed by atoms with Gasteiger partial charge in [0.25, 0.3) is 0 Å². The highest BCUT2D eigenvalue weighted by Crippen LogP contribution is 2.09. The quantitative estimate of drug-likeness (QED) is 0.682. The van der Waals surface area contributed by atoms with E-state index in [-0.39, 0.29) is 24.5 Å². The molecule has 4 heteroatoms. The maximum absolute atomic E-state index is 11.5. The molecule has 0 aliphatic rings. The Morgan fingerprint density at radius 1 is 1.57 bits per heavy atom. The van der Waals surface area contributed by atoms with Gasteiger partial charge in [-0.3, -0.25) is 4.79 Å². The number of hydrogen-bond acceptors (Lipinski definition) is 3. The molecule has 0 aliphatic heterocycles. The molecule has 1 unspecified atom stereocenters. The third kappa shape index (κ3) is 3.75. The van der Waals surface area contributed by atoms with Crippen LogP contribution in [0.25, 0.3) is 0 Å². The van der Waals surface area contributed by atoms with Gasteiger partial charge in [-0.2, -0.15) is 5.26 Å². The molecule has 0 saturated carbocycles. The number of amides is 1. The van der Waals surface area contributed by atoms with Crippen LogP contribution in [0, 0.1) is 23.2 Å². The lowest BCUT2D eigenvalue weighted by atomic mass is 9.96. The molecule has 0 aromatic carbocycles. The molecular weight excluding hydrogens is 180 g/mol. The maximum atomic E-state index is 11.5. The van der Waals surface area contributed by atoms with Gasteiger partial charge in [0, 0.05) is 0 Å². The number of hydrogen-bond donors (Lipinski definition) is 2. The molecule has 0 saturated heterocycles. The van der Waals surface area contributed by atoms with Crippen LogP contribution in [-0.4, -0.2) is 23.7 Å². The van der Waals surface area contributed by atoms with Crippen molar-refractivity contribution in [2.45, 2.75) is 33.2 Å². The van der Waals surface area contributed by atoms with E-state index in [9.17, 15) is 4.79 Å². The molecular formula is C10H18N2O2. The Kier molecular flexibility index (Phi) is 5.89. The summed E-state index contributed by atoms with van der Waals surface area (Å²) in [5, 5.41) is 20.3. The molecule has 4 nitrogen and oxygen atoms in total. The number of nitriles is 1. The summed E-state index contributed by atoms with van der Waals surface area (Å²) in [6.07, 6.45) is 0.665. The molecule has 0 aromatic rings. The van der Waals surface area contributed by atoms with Gasteiger partial charge in [-0.05, 0) is 12.3 Å². The summed E-state index contributed by atoms with van der Waals surface area (Å²) < 4.78 is 0. The smallest absolute Gasteiger partial charge is 0.237 e. The fraction of sp³-hybridized carbons (Fsp3) is 0.800. The van der Waals surface area contributed by atoms with Crippen molar-refractivity contribution in [3.05, 3.63) is 0 Å². The first-order chi connectivity index (χ1) is 6.56. The minimum Gasteiger partial charge on any atom is -0.394 e. The number of carbonyl (C=O) groups excluding carboxylic acids is 1. The zero-order valence-electron chi connectivity index (χ0n) is 8.95. The number of aliphatic hydroxyl groups excluding tert-OH is 1. The second-order valence-electron chi connectivity index (χ2n) is 3.65. The average molecular weight is 198 g/mol. The van der Waals surface area contributed by atoms with Crippen LogP contribution in [0.3, 0.4) is 0 Å². The summed E-state index contributed by atoms with van der Waals surface area (Å²) in [6, 6.07) is 1.72. The van der Waals surface area contributed by atoms with Crippen molar-refractivity contribution < 1.29 is 9.90 Å². The molecule has 80 valence electrons. The van der Waals surface area contributed by atoms with Crippen LogP contribution >= 0.6 is 0 Å². The van der Waals surface area contributed by atoms with E-state index < -0.39 is 5.92 Å². The summed E-state index contributed by atoms with van der Waals surface area (Å²) >= 11 is 0. The summed E-state index contributed by atoms with van der Waals surface area (Å²) in [5.41, 5.74) is 0. The number of rotatable bonds is 5. The fourth-order valence-electron chi connectivity index (χ4n) is 1.08. The van der Waals surface area contributed by atoms with Gasteiger partial charge in [0.2, 0.25) is 5.91 Å². The van der Waals surface area contributed by atoms with E-state index >= 15 is 0 Å². The SMILES string of the molecule is CC[C@H](CO)NC(=O)C(C#N)C(C)C. The van der Waals surface area contributed by atoms with Gasteiger partial charge in [-0.1, -0.05) is 20.8 Å². The van der Waals surface area contributed by atoms with Gasteiger partial charge in [-0.15, -0.1) is 0 Å². The van der Waals surface area contributed by atoms with Gasteiger partial charge >= 0.3 is 0 Å². The maximum Gasteiger partial charge on any atom is 0.237 e. The van der Waals surface area contributed by atoms with Gasteiger partial charge in [0.1, 0.15) is 5.92 Å². The molecule has 0 radical (unpaired) electrons. The highest BCUT2D eigenvalue weighted by Gasteiger charge is 2.23. The van der Waals surface area contributed by atoms with E-state index in [0.29, 0.717) is 6.42 Å². The van der Waals surface area contributed by atoms with E-state index in [4.69, 9.17) is 10.4 Å². The van der Waals surface area contributed by atoms with Crippen molar-refractivity contribution in [3.63, 3.8) is 0 Å². The second-order valence-corrected chi connectivity index (χ2v) is 3.65. The monoisotopic (exact) mass is 198 g/mol. The predicted molar refractivity (Wildman–Crippen MR) is 53.2 cm³/mol. The fourth-order valence-corrected chi connectivity index (χ4v) is 1.08. The molecule has 14 heavy (non-hydrogen) atoms. The van der Waals surface area contributed by atoms with Crippen molar-refractivity contribution in [2.75, 3.05) is 6.61 Å². The molecule has 0 fully saturated rings. The molecule has 0 bridgehead atoms. The van der Waals surface area contributed by atoms with Crippen LogP contribution in [0.15, 0.2) is 0 Å². The number of carbonyl (C=O) groups is 1. The van der Waals surface area contributed by atoms with E-state index in [0.717, 1.165) is 0 Å². The van der Waals surface area contributed by atoms with E-state index in [1.165, 1.54) is 0 Å². The normalized spacial score (nSPS) is 14.6. The lowest BCUT2D eigenvalue weighted by Gasteiger charge is -2.18. The Bertz CT molecular complexity index is 217. The first-order valence-corrected chi connectivity index (χ1v) is 4.87.